The Morgan fingerprint density at radius 3 is 2.76 bits per heavy atom. The lowest BCUT2D eigenvalue weighted by molar-refractivity contribution is 0.252. The summed E-state index contributed by atoms with van der Waals surface area (Å²) in [5.41, 5.74) is 1.66. The van der Waals surface area contributed by atoms with Gasteiger partial charge in [0.15, 0.2) is 0 Å². The van der Waals surface area contributed by atoms with Crippen LogP contribution in [0.1, 0.15) is 12.6 Å². The Hall–Kier alpha value is -2.48. The molecule has 1 aromatic carbocycles. The lowest BCUT2D eigenvalue weighted by Crippen LogP contribution is -2.32. The number of carbonyl (C=O) groups excluding carboxylic acids is 1. The van der Waals surface area contributed by atoms with Gasteiger partial charge in [-0.2, -0.15) is 4.98 Å². The topological polar surface area (TPSA) is 91.0 Å². The van der Waals surface area contributed by atoms with Crippen LogP contribution in [0.5, 0.6) is 0 Å². The molecule has 2 rings (SSSR count). The van der Waals surface area contributed by atoms with Gasteiger partial charge < -0.3 is 21.3 Å². The zero-order chi connectivity index (χ0) is 18.1. The minimum atomic E-state index is -0.229. The summed E-state index contributed by atoms with van der Waals surface area (Å²) in [4.78, 5) is 21.7. The smallest absolute Gasteiger partial charge is 0.319 e. The van der Waals surface area contributed by atoms with Crippen LogP contribution in [-0.4, -0.2) is 41.9 Å². The Kier molecular flexibility index (Phi) is 7.34. The first-order chi connectivity index (χ1) is 12.1. The molecule has 0 saturated carbocycles. The van der Waals surface area contributed by atoms with E-state index in [1.54, 1.807) is 11.8 Å². The van der Waals surface area contributed by atoms with Crippen molar-refractivity contribution in [3.05, 3.63) is 36.0 Å². The zero-order valence-electron chi connectivity index (χ0n) is 14.7. The number of anilines is 3. The highest BCUT2D eigenvalue weighted by Crippen LogP contribution is 2.18. The highest BCUT2D eigenvalue weighted by atomic mass is 32.2. The second-order valence-corrected chi connectivity index (χ2v) is 6.17. The highest BCUT2D eigenvalue weighted by molar-refractivity contribution is 7.98. The van der Waals surface area contributed by atoms with Gasteiger partial charge in [0.1, 0.15) is 5.82 Å². The number of aromatic nitrogens is 2. The number of rotatable bonds is 8. The lowest BCUT2D eigenvalue weighted by atomic mass is 10.3. The third-order valence-electron chi connectivity index (χ3n) is 3.23. The molecule has 4 N–H and O–H groups in total. The van der Waals surface area contributed by atoms with Gasteiger partial charge in [-0.1, -0.05) is 6.07 Å². The molecular formula is C17H24N6OS. The van der Waals surface area contributed by atoms with Crippen LogP contribution in [0.25, 0.3) is 0 Å². The first kappa shape index (κ1) is 18.9. The van der Waals surface area contributed by atoms with Crippen molar-refractivity contribution in [2.45, 2.75) is 18.7 Å². The maximum Gasteiger partial charge on any atom is 0.319 e. The zero-order valence-corrected chi connectivity index (χ0v) is 15.5. The van der Waals surface area contributed by atoms with Crippen molar-refractivity contribution in [1.29, 1.82) is 0 Å². The molecule has 0 fully saturated rings. The van der Waals surface area contributed by atoms with Gasteiger partial charge in [0.25, 0.3) is 0 Å². The van der Waals surface area contributed by atoms with Gasteiger partial charge in [-0.25, -0.2) is 9.78 Å². The SMILES string of the molecule is CCNc1nc(C)cc(NCCNC(=O)Nc2cccc(SC)c2)n1. The van der Waals surface area contributed by atoms with Gasteiger partial charge in [0, 0.05) is 42.0 Å². The second-order valence-electron chi connectivity index (χ2n) is 5.29. The average molecular weight is 360 g/mol. The van der Waals surface area contributed by atoms with E-state index in [9.17, 15) is 4.79 Å². The van der Waals surface area contributed by atoms with Crippen molar-refractivity contribution < 1.29 is 4.79 Å². The molecule has 0 radical (unpaired) electrons. The summed E-state index contributed by atoms with van der Waals surface area (Å²) in [6.45, 7) is 5.73. The number of aryl methyl sites for hydroxylation is 1. The Morgan fingerprint density at radius 1 is 1.16 bits per heavy atom. The molecule has 0 spiro atoms. The van der Waals surface area contributed by atoms with E-state index < -0.39 is 0 Å². The third-order valence-corrected chi connectivity index (χ3v) is 3.96. The molecule has 0 aliphatic rings. The lowest BCUT2D eigenvalue weighted by Gasteiger charge is -2.11. The fraction of sp³-hybridized carbons (Fsp3) is 0.353. The third kappa shape index (κ3) is 6.50. The van der Waals surface area contributed by atoms with Gasteiger partial charge >= 0.3 is 6.03 Å². The molecule has 0 saturated heterocycles. The standard InChI is InChI=1S/C17H24N6OS/c1-4-18-16-21-12(2)10-15(23-16)19-8-9-20-17(24)22-13-6-5-7-14(11-13)25-3/h5-7,10-11H,4,8-9H2,1-3H3,(H2,20,22,24)(H2,18,19,21,23). The van der Waals surface area contributed by atoms with Crippen molar-refractivity contribution in [1.82, 2.24) is 15.3 Å². The molecule has 0 aliphatic heterocycles. The normalized spacial score (nSPS) is 10.2. The number of benzene rings is 1. The number of nitrogens with one attached hydrogen (secondary N) is 4. The predicted molar refractivity (Wildman–Crippen MR) is 105 cm³/mol. The fourth-order valence-corrected chi connectivity index (χ4v) is 2.60. The molecule has 2 aromatic rings. The summed E-state index contributed by atoms with van der Waals surface area (Å²) in [5, 5.41) is 11.9. The molecule has 0 aliphatic carbocycles. The Labute approximate surface area is 152 Å². The van der Waals surface area contributed by atoms with Crippen LogP contribution in [0.3, 0.4) is 0 Å². The highest BCUT2D eigenvalue weighted by Gasteiger charge is 2.03. The molecule has 2 amide bonds. The summed E-state index contributed by atoms with van der Waals surface area (Å²) in [7, 11) is 0. The number of amides is 2. The molecule has 0 atom stereocenters. The minimum absolute atomic E-state index is 0.229. The van der Waals surface area contributed by atoms with E-state index >= 15 is 0 Å². The number of urea groups is 1. The molecule has 25 heavy (non-hydrogen) atoms. The van der Waals surface area contributed by atoms with Crippen molar-refractivity contribution in [2.24, 2.45) is 0 Å². The predicted octanol–water partition coefficient (Wildman–Crippen LogP) is 3.17. The van der Waals surface area contributed by atoms with E-state index in [4.69, 9.17) is 0 Å². The summed E-state index contributed by atoms with van der Waals surface area (Å²) >= 11 is 1.64. The van der Waals surface area contributed by atoms with E-state index in [2.05, 4.69) is 31.2 Å². The monoisotopic (exact) mass is 360 g/mol. The average Bonchev–Trinajstić information content (AvgIpc) is 2.59. The maximum atomic E-state index is 11.9. The van der Waals surface area contributed by atoms with Crippen LogP contribution in [-0.2, 0) is 0 Å². The van der Waals surface area contributed by atoms with Gasteiger partial charge in [0.2, 0.25) is 5.95 Å². The molecule has 8 heteroatoms. The number of thioether (sulfide) groups is 1. The Balaban J connectivity index is 1.76. The maximum absolute atomic E-state index is 11.9. The van der Waals surface area contributed by atoms with E-state index in [0.29, 0.717) is 19.0 Å². The Morgan fingerprint density at radius 2 is 2.00 bits per heavy atom. The number of carbonyl (C=O) groups is 1. The summed E-state index contributed by atoms with van der Waals surface area (Å²) in [5.74, 6) is 1.34. The van der Waals surface area contributed by atoms with Crippen molar-refractivity contribution >= 4 is 35.2 Å². The number of hydrogen-bond donors (Lipinski definition) is 4. The van der Waals surface area contributed by atoms with E-state index in [1.807, 2.05) is 50.4 Å². The molecular weight excluding hydrogens is 336 g/mol. The van der Waals surface area contributed by atoms with Crippen LogP contribution in [0.2, 0.25) is 0 Å². The van der Waals surface area contributed by atoms with Crippen LogP contribution in [0.15, 0.2) is 35.2 Å². The molecule has 0 bridgehead atoms. The quantitative estimate of drug-likeness (QED) is 0.427. The molecule has 0 unspecified atom stereocenters. The molecule has 7 nitrogen and oxygen atoms in total. The minimum Gasteiger partial charge on any atom is -0.368 e. The molecule has 1 heterocycles. The van der Waals surface area contributed by atoms with Gasteiger partial charge in [-0.05, 0) is 38.3 Å². The van der Waals surface area contributed by atoms with E-state index in [1.165, 1.54) is 0 Å². The molecule has 134 valence electrons. The fourth-order valence-electron chi connectivity index (χ4n) is 2.14. The van der Waals surface area contributed by atoms with Gasteiger partial charge in [0.05, 0.1) is 0 Å². The van der Waals surface area contributed by atoms with Crippen molar-refractivity contribution in [2.75, 3.05) is 41.8 Å². The van der Waals surface area contributed by atoms with Crippen LogP contribution in [0.4, 0.5) is 22.2 Å². The summed E-state index contributed by atoms with van der Waals surface area (Å²) in [6, 6.07) is 9.37. The van der Waals surface area contributed by atoms with Crippen LogP contribution >= 0.6 is 11.8 Å². The number of nitrogens with zero attached hydrogens (tertiary/aromatic N) is 2. The van der Waals surface area contributed by atoms with Gasteiger partial charge in [-0.3, -0.25) is 0 Å². The van der Waals surface area contributed by atoms with Gasteiger partial charge in [-0.15, -0.1) is 11.8 Å². The first-order valence-corrected chi connectivity index (χ1v) is 9.35. The Bertz CT molecular complexity index is 709. The van der Waals surface area contributed by atoms with Crippen LogP contribution < -0.4 is 21.3 Å². The number of hydrogen-bond acceptors (Lipinski definition) is 6. The van der Waals surface area contributed by atoms with Crippen LogP contribution in [0, 0.1) is 6.92 Å². The van der Waals surface area contributed by atoms with Crippen molar-refractivity contribution in [3.63, 3.8) is 0 Å². The second kappa shape index (κ2) is 9.73. The molecule has 1 aromatic heterocycles. The van der Waals surface area contributed by atoms with E-state index in [-0.39, 0.29) is 6.03 Å². The van der Waals surface area contributed by atoms with E-state index in [0.717, 1.165) is 28.6 Å². The summed E-state index contributed by atoms with van der Waals surface area (Å²) in [6.07, 6.45) is 2.00. The largest absolute Gasteiger partial charge is 0.368 e. The van der Waals surface area contributed by atoms with Crippen molar-refractivity contribution in [3.8, 4) is 0 Å². The first-order valence-electron chi connectivity index (χ1n) is 8.13. The summed E-state index contributed by atoms with van der Waals surface area (Å²) < 4.78 is 0.